The molecule has 4 rings (SSSR count). The third kappa shape index (κ3) is 3.45. The van der Waals surface area contributed by atoms with E-state index < -0.39 is 0 Å². The van der Waals surface area contributed by atoms with E-state index in [2.05, 4.69) is 14.8 Å². The van der Waals surface area contributed by atoms with E-state index in [0.29, 0.717) is 0 Å². The lowest BCUT2D eigenvalue weighted by atomic mass is 9.90. The predicted molar refractivity (Wildman–Crippen MR) is 93.9 cm³/mol. The Morgan fingerprint density at radius 2 is 2.25 bits per heavy atom. The largest absolute Gasteiger partial charge is 0.370 e. The zero-order valence-corrected chi connectivity index (χ0v) is 14.5. The van der Waals surface area contributed by atoms with E-state index in [4.69, 9.17) is 4.74 Å². The van der Waals surface area contributed by atoms with Crippen LogP contribution in [0.4, 0.5) is 10.1 Å². The van der Waals surface area contributed by atoms with Crippen LogP contribution in [-0.4, -0.2) is 48.3 Å². The zero-order valence-electron chi connectivity index (χ0n) is 13.7. The maximum atomic E-state index is 13.6. The molecule has 0 aliphatic carbocycles. The Morgan fingerprint density at radius 3 is 3.08 bits per heavy atom. The van der Waals surface area contributed by atoms with Gasteiger partial charge in [-0.1, -0.05) is 6.07 Å². The molecule has 2 aromatic rings. The van der Waals surface area contributed by atoms with Crippen LogP contribution in [-0.2, 0) is 11.3 Å². The van der Waals surface area contributed by atoms with Crippen molar-refractivity contribution < 1.29 is 9.13 Å². The summed E-state index contributed by atoms with van der Waals surface area (Å²) < 4.78 is 19.8. The Balaban J connectivity index is 1.47. The molecule has 0 N–H and O–H groups in total. The average Bonchev–Trinajstić information content (AvgIpc) is 3.08. The van der Waals surface area contributed by atoms with Crippen LogP contribution in [0.25, 0.3) is 0 Å². The fourth-order valence-corrected chi connectivity index (χ4v) is 4.48. The second-order valence-corrected chi connectivity index (χ2v) is 7.65. The molecule has 6 heteroatoms. The molecule has 0 amide bonds. The summed E-state index contributed by atoms with van der Waals surface area (Å²) in [5, 5.41) is 3.18. The average molecular weight is 347 g/mol. The van der Waals surface area contributed by atoms with E-state index in [1.54, 1.807) is 23.5 Å². The van der Waals surface area contributed by atoms with Gasteiger partial charge in [0.25, 0.3) is 0 Å². The summed E-state index contributed by atoms with van der Waals surface area (Å²) in [7, 11) is 0. The van der Waals surface area contributed by atoms with Gasteiger partial charge in [0.1, 0.15) is 10.8 Å². The Hall–Kier alpha value is -1.50. The lowest BCUT2D eigenvalue weighted by Crippen LogP contribution is -2.59. The number of nitrogens with zero attached hydrogens (tertiary/aromatic N) is 3. The molecule has 1 unspecified atom stereocenters. The molecular formula is C18H22FN3OS. The SMILES string of the molecule is Fc1cccc(N2CCCC3(CN(Cc4nccs4)CCO3)C2)c1. The van der Waals surface area contributed by atoms with Crippen LogP contribution in [0.2, 0.25) is 0 Å². The van der Waals surface area contributed by atoms with Crippen LogP contribution in [0.15, 0.2) is 35.8 Å². The van der Waals surface area contributed by atoms with E-state index in [9.17, 15) is 4.39 Å². The molecule has 2 aliphatic rings. The molecule has 0 bridgehead atoms. The van der Waals surface area contributed by atoms with Crippen molar-refractivity contribution in [2.24, 2.45) is 0 Å². The van der Waals surface area contributed by atoms with Gasteiger partial charge in [0, 0.05) is 43.4 Å². The lowest BCUT2D eigenvalue weighted by molar-refractivity contribution is -0.116. The Kier molecular flexibility index (Phi) is 4.52. The molecule has 1 aromatic carbocycles. The van der Waals surface area contributed by atoms with Crippen LogP contribution in [0.3, 0.4) is 0 Å². The molecule has 1 atom stereocenters. The van der Waals surface area contributed by atoms with Crippen molar-refractivity contribution in [1.82, 2.24) is 9.88 Å². The first-order valence-corrected chi connectivity index (χ1v) is 9.36. The number of benzene rings is 1. The van der Waals surface area contributed by atoms with Gasteiger partial charge in [0.05, 0.1) is 18.8 Å². The van der Waals surface area contributed by atoms with E-state index in [1.807, 2.05) is 17.6 Å². The molecule has 3 heterocycles. The molecule has 2 saturated heterocycles. The van der Waals surface area contributed by atoms with Gasteiger partial charge in [-0.15, -0.1) is 11.3 Å². The highest BCUT2D eigenvalue weighted by Gasteiger charge is 2.40. The molecule has 2 aliphatic heterocycles. The standard InChI is InChI=1S/C18H22FN3OS/c19-15-3-1-4-16(11-15)22-7-2-5-18(14-22)13-21(8-9-23-18)12-17-20-6-10-24-17/h1,3-4,6,10-11H,2,5,7-9,12-14H2. The van der Waals surface area contributed by atoms with Crippen molar-refractivity contribution in [3.8, 4) is 0 Å². The summed E-state index contributed by atoms with van der Waals surface area (Å²) >= 11 is 1.70. The summed E-state index contributed by atoms with van der Waals surface area (Å²) in [6, 6.07) is 6.88. The summed E-state index contributed by atoms with van der Waals surface area (Å²) in [5.74, 6) is -0.179. The number of anilines is 1. The fraction of sp³-hybridized carbons (Fsp3) is 0.500. The summed E-state index contributed by atoms with van der Waals surface area (Å²) in [6.45, 7) is 5.29. The minimum absolute atomic E-state index is 0.153. The number of hydrogen-bond acceptors (Lipinski definition) is 5. The topological polar surface area (TPSA) is 28.6 Å². The van der Waals surface area contributed by atoms with E-state index in [0.717, 1.165) is 62.9 Å². The zero-order chi connectivity index (χ0) is 16.4. The monoisotopic (exact) mass is 347 g/mol. The minimum Gasteiger partial charge on any atom is -0.370 e. The molecule has 0 radical (unpaired) electrons. The summed E-state index contributed by atoms with van der Waals surface area (Å²) in [4.78, 5) is 9.11. The number of morpholine rings is 1. The highest BCUT2D eigenvalue weighted by atomic mass is 32.1. The maximum Gasteiger partial charge on any atom is 0.125 e. The van der Waals surface area contributed by atoms with Crippen molar-refractivity contribution in [2.45, 2.75) is 25.0 Å². The highest BCUT2D eigenvalue weighted by Crippen LogP contribution is 2.32. The first kappa shape index (κ1) is 16.0. The van der Waals surface area contributed by atoms with Crippen molar-refractivity contribution in [3.05, 3.63) is 46.7 Å². The molecule has 1 aromatic heterocycles. The van der Waals surface area contributed by atoms with Crippen LogP contribution in [0.5, 0.6) is 0 Å². The van der Waals surface area contributed by atoms with Crippen LogP contribution in [0.1, 0.15) is 17.8 Å². The third-order valence-electron chi connectivity index (χ3n) is 4.88. The third-order valence-corrected chi connectivity index (χ3v) is 5.65. The van der Waals surface area contributed by atoms with Gasteiger partial charge in [0.2, 0.25) is 0 Å². The highest BCUT2D eigenvalue weighted by molar-refractivity contribution is 7.09. The molecular weight excluding hydrogens is 325 g/mol. The van der Waals surface area contributed by atoms with Crippen molar-refractivity contribution >= 4 is 17.0 Å². The smallest absolute Gasteiger partial charge is 0.125 e. The molecule has 24 heavy (non-hydrogen) atoms. The summed E-state index contributed by atoms with van der Waals surface area (Å²) in [6.07, 6.45) is 4.00. The molecule has 1 spiro atoms. The number of piperidine rings is 1. The van der Waals surface area contributed by atoms with Crippen molar-refractivity contribution in [3.63, 3.8) is 0 Å². The van der Waals surface area contributed by atoms with Crippen molar-refractivity contribution in [2.75, 3.05) is 37.7 Å². The second kappa shape index (κ2) is 6.78. The first-order valence-electron chi connectivity index (χ1n) is 8.48. The fourth-order valence-electron chi connectivity index (χ4n) is 3.82. The minimum atomic E-state index is -0.179. The second-order valence-electron chi connectivity index (χ2n) is 6.67. The number of rotatable bonds is 3. The number of aromatic nitrogens is 1. The van der Waals surface area contributed by atoms with Crippen molar-refractivity contribution in [1.29, 1.82) is 0 Å². The number of hydrogen-bond donors (Lipinski definition) is 0. The van der Waals surface area contributed by atoms with Crippen LogP contribution in [0, 0.1) is 5.82 Å². The summed E-state index contributed by atoms with van der Waals surface area (Å²) in [5.41, 5.74) is 0.801. The van der Waals surface area contributed by atoms with Gasteiger partial charge in [-0.25, -0.2) is 9.37 Å². The van der Waals surface area contributed by atoms with E-state index in [1.165, 1.54) is 6.07 Å². The first-order chi connectivity index (χ1) is 11.7. The van der Waals surface area contributed by atoms with Gasteiger partial charge in [-0.2, -0.15) is 0 Å². The number of thiazole rings is 1. The Labute approximate surface area is 145 Å². The predicted octanol–water partition coefficient (Wildman–Crippen LogP) is 3.15. The maximum absolute atomic E-state index is 13.6. The van der Waals surface area contributed by atoms with Crippen LogP contribution >= 0.6 is 11.3 Å². The van der Waals surface area contributed by atoms with Crippen LogP contribution < -0.4 is 4.90 Å². The Bertz CT molecular complexity index is 677. The van der Waals surface area contributed by atoms with Gasteiger partial charge in [-0.3, -0.25) is 4.90 Å². The van der Waals surface area contributed by atoms with E-state index in [-0.39, 0.29) is 11.4 Å². The number of halogens is 1. The van der Waals surface area contributed by atoms with Gasteiger partial charge in [-0.05, 0) is 31.0 Å². The van der Waals surface area contributed by atoms with Gasteiger partial charge < -0.3 is 9.64 Å². The molecule has 4 nitrogen and oxygen atoms in total. The Morgan fingerprint density at radius 1 is 1.29 bits per heavy atom. The van der Waals surface area contributed by atoms with Gasteiger partial charge >= 0.3 is 0 Å². The molecule has 2 fully saturated rings. The molecule has 128 valence electrons. The van der Waals surface area contributed by atoms with E-state index >= 15 is 0 Å². The molecule has 0 saturated carbocycles. The number of ether oxygens (including phenoxy) is 1. The normalized spacial score (nSPS) is 25.3. The quantitative estimate of drug-likeness (QED) is 0.853. The lowest BCUT2D eigenvalue weighted by Gasteiger charge is -2.48. The van der Waals surface area contributed by atoms with Gasteiger partial charge in [0.15, 0.2) is 0 Å².